The first-order chi connectivity index (χ1) is 12.7. The van der Waals surface area contributed by atoms with E-state index in [0.717, 1.165) is 16.9 Å². The number of benzene rings is 2. The highest BCUT2D eigenvalue weighted by molar-refractivity contribution is 7.99. The summed E-state index contributed by atoms with van der Waals surface area (Å²) in [6.45, 7) is 1.99. The van der Waals surface area contributed by atoms with E-state index in [2.05, 4.69) is 20.8 Å². The quantitative estimate of drug-likeness (QED) is 0.645. The van der Waals surface area contributed by atoms with E-state index in [4.69, 9.17) is 4.74 Å². The highest BCUT2D eigenvalue weighted by Gasteiger charge is 2.13. The minimum Gasteiger partial charge on any atom is -0.494 e. The fourth-order valence-electron chi connectivity index (χ4n) is 2.41. The Labute approximate surface area is 155 Å². The molecule has 8 heteroatoms. The van der Waals surface area contributed by atoms with Gasteiger partial charge in [0.25, 0.3) is 0 Å². The molecule has 2 aromatic carbocycles. The predicted molar refractivity (Wildman–Crippen MR) is 101 cm³/mol. The van der Waals surface area contributed by atoms with Crippen molar-refractivity contribution in [2.45, 2.75) is 18.5 Å². The molecule has 0 radical (unpaired) electrons. The number of amides is 1. The Morgan fingerprint density at radius 2 is 2.08 bits per heavy atom. The van der Waals surface area contributed by atoms with E-state index in [0.29, 0.717) is 23.1 Å². The molecule has 1 N–H and O–H groups in total. The number of rotatable bonds is 7. The largest absolute Gasteiger partial charge is 0.494 e. The maximum absolute atomic E-state index is 12.1. The molecule has 134 valence electrons. The Hall–Kier alpha value is -2.87. The van der Waals surface area contributed by atoms with Crippen LogP contribution in [0.3, 0.4) is 0 Å². The molecule has 3 aromatic rings. The second-order valence-corrected chi connectivity index (χ2v) is 6.62. The molecular formula is C18H19N5O2S. The number of aromatic nitrogens is 4. The fourth-order valence-corrected chi connectivity index (χ4v) is 3.23. The zero-order chi connectivity index (χ0) is 18.4. The summed E-state index contributed by atoms with van der Waals surface area (Å²) in [7, 11) is 1.60. The molecule has 26 heavy (non-hydrogen) atoms. The van der Waals surface area contributed by atoms with Crippen LogP contribution in [0.4, 0.5) is 5.69 Å². The number of anilines is 1. The topological polar surface area (TPSA) is 81.9 Å². The lowest BCUT2D eigenvalue weighted by molar-refractivity contribution is -0.115. The lowest BCUT2D eigenvalue weighted by Gasteiger charge is -2.09. The number of aryl methyl sites for hydroxylation is 1. The smallest absolute Gasteiger partial charge is 0.225 e. The first-order valence-electron chi connectivity index (χ1n) is 8.08. The summed E-state index contributed by atoms with van der Waals surface area (Å²) < 4.78 is 6.97. The Bertz CT molecular complexity index is 897. The molecule has 0 aliphatic heterocycles. The number of para-hydroxylation sites is 2. The Morgan fingerprint density at radius 3 is 2.88 bits per heavy atom. The van der Waals surface area contributed by atoms with E-state index in [1.54, 1.807) is 11.8 Å². The summed E-state index contributed by atoms with van der Waals surface area (Å²) in [5.41, 5.74) is 2.67. The van der Waals surface area contributed by atoms with Crippen LogP contribution in [0.15, 0.2) is 53.7 Å². The summed E-state index contributed by atoms with van der Waals surface area (Å²) in [6.07, 6.45) is 0.359. The minimum absolute atomic E-state index is 0.0422. The average Bonchev–Trinajstić information content (AvgIpc) is 3.10. The summed E-state index contributed by atoms with van der Waals surface area (Å²) in [5.74, 6) is 1.20. The third kappa shape index (κ3) is 4.40. The molecule has 1 heterocycles. The number of ether oxygens (including phenoxy) is 1. The first-order valence-corrected chi connectivity index (χ1v) is 9.07. The van der Waals surface area contributed by atoms with Gasteiger partial charge in [0.1, 0.15) is 11.4 Å². The molecule has 0 bridgehead atoms. The van der Waals surface area contributed by atoms with Crippen LogP contribution in [-0.4, -0.2) is 39.0 Å². The van der Waals surface area contributed by atoms with Gasteiger partial charge in [-0.3, -0.25) is 4.79 Å². The van der Waals surface area contributed by atoms with E-state index in [1.165, 1.54) is 11.8 Å². The van der Waals surface area contributed by atoms with E-state index in [-0.39, 0.29) is 5.91 Å². The molecule has 3 rings (SSSR count). The third-order valence-corrected chi connectivity index (χ3v) is 4.54. The molecule has 0 saturated carbocycles. The number of methoxy groups -OCH3 is 1. The third-order valence-electron chi connectivity index (χ3n) is 3.62. The Morgan fingerprint density at radius 1 is 1.23 bits per heavy atom. The number of thioether (sulfide) groups is 1. The number of nitrogens with one attached hydrogen (secondary N) is 1. The maximum atomic E-state index is 12.1. The minimum atomic E-state index is -0.0422. The Kier molecular flexibility index (Phi) is 5.85. The van der Waals surface area contributed by atoms with Gasteiger partial charge >= 0.3 is 0 Å². The zero-order valence-electron chi connectivity index (χ0n) is 14.5. The lowest BCUT2D eigenvalue weighted by atomic mass is 10.2. The van der Waals surface area contributed by atoms with Gasteiger partial charge in [-0.15, -0.1) is 5.10 Å². The Balaban J connectivity index is 1.59. The van der Waals surface area contributed by atoms with Crippen molar-refractivity contribution >= 4 is 23.4 Å². The van der Waals surface area contributed by atoms with Gasteiger partial charge in [-0.2, -0.15) is 4.68 Å². The van der Waals surface area contributed by atoms with Crippen molar-refractivity contribution in [3.8, 4) is 11.4 Å². The molecule has 1 aromatic heterocycles. The second kappa shape index (κ2) is 8.48. The van der Waals surface area contributed by atoms with Crippen LogP contribution in [0.25, 0.3) is 5.69 Å². The zero-order valence-corrected chi connectivity index (χ0v) is 15.4. The van der Waals surface area contributed by atoms with Gasteiger partial charge in [-0.05, 0) is 47.2 Å². The molecule has 0 unspecified atom stereocenters. The number of hydrogen-bond donors (Lipinski definition) is 1. The number of hydrogen-bond acceptors (Lipinski definition) is 6. The van der Waals surface area contributed by atoms with Crippen LogP contribution < -0.4 is 10.1 Å². The van der Waals surface area contributed by atoms with Crippen LogP contribution in [0.2, 0.25) is 0 Å². The highest BCUT2D eigenvalue weighted by Crippen LogP contribution is 2.25. The first kappa shape index (κ1) is 17.9. The number of carbonyl (C=O) groups is 1. The van der Waals surface area contributed by atoms with E-state index >= 15 is 0 Å². The van der Waals surface area contributed by atoms with Crippen molar-refractivity contribution in [2.75, 3.05) is 18.2 Å². The maximum Gasteiger partial charge on any atom is 0.225 e. The van der Waals surface area contributed by atoms with E-state index in [9.17, 15) is 4.79 Å². The van der Waals surface area contributed by atoms with Crippen LogP contribution in [0, 0.1) is 6.92 Å². The van der Waals surface area contributed by atoms with Crippen molar-refractivity contribution in [2.24, 2.45) is 0 Å². The van der Waals surface area contributed by atoms with E-state index < -0.39 is 0 Å². The molecule has 1 amide bonds. The van der Waals surface area contributed by atoms with E-state index in [1.807, 2.05) is 55.5 Å². The van der Waals surface area contributed by atoms with Gasteiger partial charge in [0.05, 0.1) is 7.11 Å². The predicted octanol–water partition coefficient (Wildman–Crippen LogP) is 3.10. The number of carbonyl (C=O) groups excluding carboxylic acids is 1. The fraction of sp³-hybridized carbons (Fsp3) is 0.222. The van der Waals surface area contributed by atoms with Gasteiger partial charge in [0.2, 0.25) is 11.1 Å². The van der Waals surface area contributed by atoms with Crippen LogP contribution in [0.1, 0.15) is 12.0 Å². The molecule has 0 aliphatic rings. The van der Waals surface area contributed by atoms with Crippen molar-refractivity contribution in [1.82, 2.24) is 20.2 Å². The van der Waals surface area contributed by atoms with Crippen LogP contribution in [0.5, 0.6) is 5.75 Å². The van der Waals surface area contributed by atoms with Crippen molar-refractivity contribution < 1.29 is 9.53 Å². The molecule has 0 saturated heterocycles. The van der Waals surface area contributed by atoms with Crippen molar-refractivity contribution in [3.05, 3.63) is 54.1 Å². The van der Waals surface area contributed by atoms with Gasteiger partial charge in [0.15, 0.2) is 0 Å². The lowest BCUT2D eigenvalue weighted by Crippen LogP contribution is -2.12. The van der Waals surface area contributed by atoms with Gasteiger partial charge in [0, 0.05) is 17.9 Å². The summed E-state index contributed by atoms with van der Waals surface area (Å²) in [5, 5.41) is 15.3. The summed E-state index contributed by atoms with van der Waals surface area (Å²) in [4.78, 5) is 12.1. The highest BCUT2D eigenvalue weighted by atomic mass is 32.2. The number of tetrazole rings is 1. The molecule has 0 spiro atoms. The standard InChI is InChI=1S/C18H19N5O2S/c1-13-6-5-7-14(12-13)19-17(24)10-11-26-18-20-21-22-23(18)15-8-3-4-9-16(15)25-2/h3-9,12H,10-11H2,1-2H3,(H,19,24). The molecule has 0 fully saturated rings. The molecular weight excluding hydrogens is 350 g/mol. The number of nitrogens with zero attached hydrogens (tertiary/aromatic N) is 4. The van der Waals surface area contributed by atoms with Gasteiger partial charge < -0.3 is 10.1 Å². The average molecular weight is 369 g/mol. The summed E-state index contributed by atoms with van der Waals surface area (Å²) >= 11 is 1.42. The van der Waals surface area contributed by atoms with Crippen LogP contribution in [-0.2, 0) is 4.79 Å². The normalized spacial score (nSPS) is 10.5. The molecule has 0 aliphatic carbocycles. The van der Waals surface area contributed by atoms with Gasteiger partial charge in [-0.25, -0.2) is 0 Å². The molecule has 0 atom stereocenters. The second-order valence-electron chi connectivity index (χ2n) is 5.56. The van der Waals surface area contributed by atoms with Crippen molar-refractivity contribution in [3.63, 3.8) is 0 Å². The SMILES string of the molecule is COc1ccccc1-n1nnnc1SCCC(=O)Nc1cccc(C)c1. The van der Waals surface area contributed by atoms with Gasteiger partial charge in [-0.1, -0.05) is 36.0 Å². The van der Waals surface area contributed by atoms with Crippen LogP contribution >= 0.6 is 11.8 Å². The summed E-state index contributed by atoms with van der Waals surface area (Å²) in [6, 6.07) is 15.2. The monoisotopic (exact) mass is 369 g/mol. The van der Waals surface area contributed by atoms with Crippen molar-refractivity contribution in [1.29, 1.82) is 0 Å². The molecule has 7 nitrogen and oxygen atoms in total.